The summed E-state index contributed by atoms with van der Waals surface area (Å²) in [5.41, 5.74) is 3.06. The minimum atomic E-state index is -4.02. The van der Waals surface area contributed by atoms with E-state index in [1.807, 2.05) is 56.5 Å². The highest BCUT2D eigenvalue weighted by Gasteiger charge is 2.27. The molecule has 1 N–H and O–H groups in total. The number of sulfonamides is 1. The number of hydrogen-bond donors (Lipinski definition) is 1. The van der Waals surface area contributed by atoms with E-state index < -0.39 is 15.9 Å². The molecule has 0 spiro atoms. The van der Waals surface area contributed by atoms with Crippen molar-refractivity contribution < 1.29 is 17.9 Å². The van der Waals surface area contributed by atoms with E-state index in [0.29, 0.717) is 23.7 Å². The summed E-state index contributed by atoms with van der Waals surface area (Å²) < 4.78 is 34.1. The molecule has 0 atom stereocenters. The van der Waals surface area contributed by atoms with Crippen LogP contribution >= 0.6 is 23.5 Å². The van der Waals surface area contributed by atoms with E-state index in [9.17, 15) is 13.2 Å². The van der Waals surface area contributed by atoms with E-state index in [2.05, 4.69) is 17.4 Å². The number of benzene rings is 4. The molecule has 1 amide bonds. The SMILES string of the molecule is CCOc1ccc(N(CC(=O)Nc2ccc(CSc3ccccc3)cc2C)S(=O)(=O)c2ccc(SC)cc2)cc1. The number of ether oxygens (including phenoxy) is 1. The van der Waals surface area contributed by atoms with Crippen LogP contribution in [0.1, 0.15) is 18.1 Å². The van der Waals surface area contributed by atoms with E-state index in [4.69, 9.17) is 4.74 Å². The Morgan fingerprint density at radius 3 is 2.23 bits per heavy atom. The maximum atomic E-state index is 13.7. The van der Waals surface area contributed by atoms with Gasteiger partial charge < -0.3 is 10.1 Å². The van der Waals surface area contributed by atoms with Crippen LogP contribution in [0.2, 0.25) is 0 Å². The number of nitrogens with one attached hydrogen (secondary N) is 1. The number of amides is 1. The highest BCUT2D eigenvalue weighted by atomic mass is 32.2. The highest BCUT2D eigenvalue weighted by molar-refractivity contribution is 7.98. The Hall–Kier alpha value is -3.40. The molecule has 0 aliphatic heterocycles. The topological polar surface area (TPSA) is 75.7 Å². The van der Waals surface area contributed by atoms with Crippen LogP contribution in [0.25, 0.3) is 0 Å². The Kier molecular flexibility index (Phi) is 10.2. The summed E-state index contributed by atoms with van der Waals surface area (Å²) >= 11 is 3.27. The van der Waals surface area contributed by atoms with Crippen molar-refractivity contribution in [1.82, 2.24) is 0 Å². The summed E-state index contributed by atoms with van der Waals surface area (Å²) in [6.07, 6.45) is 1.93. The summed E-state index contributed by atoms with van der Waals surface area (Å²) in [5, 5.41) is 2.91. The number of thioether (sulfide) groups is 2. The summed E-state index contributed by atoms with van der Waals surface area (Å²) in [4.78, 5) is 15.5. The third-order valence-corrected chi connectivity index (χ3v) is 9.70. The number of aryl methyl sites for hydroxylation is 1. The predicted octanol–water partition coefficient (Wildman–Crippen LogP) is 7.24. The molecule has 0 radical (unpaired) electrons. The van der Waals surface area contributed by atoms with Crippen molar-refractivity contribution in [3.63, 3.8) is 0 Å². The average Bonchev–Trinajstić information content (AvgIpc) is 2.97. The molecule has 0 fully saturated rings. The van der Waals surface area contributed by atoms with Gasteiger partial charge in [0.2, 0.25) is 5.91 Å². The van der Waals surface area contributed by atoms with Gasteiger partial charge in [0.15, 0.2) is 0 Å². The van der Waals surface area contributed by atoms with Crippen LogP contribution < -0.4 is 14.4 Å². The van der Waals surface area contributed by atoms with Gasteiger partial charge in [-0.3, -0.25) is 9.10 Å². The third-order valence-electron chi connectivity index (χ3n) is 6.08. The van der Waals surface area contributed by atoms with Crippen molar-refractivity contribution in [1.29, 1.82) is 0 Å². The van der Waals surface area contributed by atoms with Crippen LogP contribution in [0.3, 0.4) is 0 Å². The second-order valence-corrected chi connectivity index (χ2v) is 12.7. The molecule has 0 bridgehead atoms. The molecule has 6 nitrogen and oxygen atoms in total. The first-order valence-electron chi connectivity index (χ1n) is 12.8. The van der Waals surface area contributed by atoms with Gasteiger partial charge in [0.1, 0.15) is 12.3 Å². The number of anilines is 2. The minimum Gasteiger partial charge on any atom is -0.494 e. The van der Waals surface area contributed by atoms with Gasteiger partial charge in [-0.2, -0.15) is 0 Å². The third kappa shape index (κ3) is 7.62. The molecule has 0 aliphatic rings. The molecule has 9 heteroatoms. The maximum absolute atomic E-state index is 13.7. The van der Waals surface area contributed by atoms with Gasteiger partial charge in [-0.25, -0.2) is 8.42 Å². The Morgan fingerprint density at radius 1 is 0.900 bits per heavy atom. The van der Waals surface area contributed by atoms with Gasteiger partial charge in [0.25, 0.3) is 10.0 Å². The standard InChI is InChI=1S/C31H32N2O4S3/c1-4-37-26-13-11-25(12-14-26)33(40(35,36)29-17-15-27(38-3)16-18-29)21-31(34)32-30-19-10-24(20-23(30)2)22-39-28-8-6-5-7-9-28/h5-20H,4,21-22H2,1-3H3,(H,32,34). The van der Waals surface area contributed by atoms with E-state index in [1.165, 1.54) is 16.7 Å². The van der Waals surface area contributed by atoms with Crippen molar-refractivity contribution in [3.05, 3.63) is 108 Å². The van der Waals surface area contributed by atoms with Crippen LogP contribution in [0.15, 0.2) is 112 Å². The minimum absolute atomic E-state index is 0.114. The summed E-state index contributed by atoms with van der Waals surface area (Å²) in [6.45, 7) is 3.92. The van der Waals surface area contributed by atoms with E-state index in [0.717, 1.165) is 26.1 Å². The van der Waals surface area contributed by atoms with Crippen LogP contribution in [0, 0.1) is 6.92 Å². The molecule has 0 heterocycles. The van der Waals surface area contributed by atoms with E-state index in [1.54, 1.807) is 60.3 Å². The van der Waals surface area contributed by atoms with Crippen molar-refractivity contribution in [3.8, 4) is 5.75 Å². The second kappa shape index (κ2) is 13.8. The van der Waals surface area contributed by atoms with Crippen molar-refractivity contribution >= 4 is 50.8 Å². The monoisotopic (exact) mass is 592 g/mol. The van der Waals surface area contributed by atoms with E-state index >= 15 is 0 Å². The van der Waals surface area contributed by atoms with Gasteiger partial charge in [-0.1, -0.05) is 30.3 Å². The Morgan fingerprint density at radius 2 is 1.60 bits per heavy atom. The van der Waals surface area contributed by atoms with Crippen molar-refractivity contribution in [2.75, 3.05) is 29.0 Å². The number of carbonyl (C=O) groups excluding carboxylic acids is 1. The first-order valence-corrected chi connectivity index (χ1v) is 16.4. The first-order chi connectivity index (χ1) is 19.3. The van der Waals surface area contributed by atoms with Crippen LogP contribution in [0.5, 0.6) is 5.75 Å². The average molecular weight is 593 g/mol. The molecular weight excluding hydrogens is 561 g/mol. The molecule has 0 saturated carbocycles. The number of rotatable bonds is 12. The number of hydrogen-bond acceptors (Lipinski definition) is 6. The largest absolute Gasteiger partial charge is 0.494 e. The first kappa shape index (κ1) is 29.6. The lowest BCUT2D eigenvalue weighted by Gasteiger charge is -2.24. The lowest BCUT2D eigenvalue weighted by atomic mass is 10.1. The van der Waals surface area contributed by atoms with Gasteiger partial charge in [-0.05, 0) is 98.0 Å². The zero-order valence-electron chi connectivity index (χ0n) is 22.7. The molecular formula is C31H32N2O4S3. The van der Waals surface area contributed by atoms with E-state index in [-0.39, 0.29) is 11.4 Å². The van der Waals surface area contributed by atoms with Crippen LogP contribution in [-0.4, -0.2) is 33.7 Å². The van der Waals surface area contributed by atoms with Gasteiger partial charge in [-0.15, -0.1) is 23.5 Å². The molecule has 0 saturated heterocycles. The Bertz CT molecular complexity index is 1530. The zero-order valence-corrected chi connectivity index (χ0v) is 25.1. The second-order valence-electron chi connectivity index (χ2n) is 8.91. The lowest BCUT2D eigenvalue weighted by molar-refractivity contribution is -0.114. The molecule has 208 valence electrons. The van der Waals surface area contributed by atoms with Crippen LogP contribution in [-0.2, 0) is 20.6 Å². The van der Waals surface area contributed by atoms with Gasteiger partial charge in [0.05, 0.1) is 17.2 Å². The Labute approximate surface area is 245 Å². The zero-order chi connectivity index (χ0) is 28.5. The van der Waals surface area contributed by atoms with Crippen molar-refractivity contribution in [2.45, 2.75) is 34.3 Å². The smallest absolute Gasteiger partial charge is 0.264 e. The molecule has 0 aliphatic carbocycles. The number of nitrogens with zero attached hydrogens (tertiary/aromatic N) is 1. The predicted molar refractivity (Wildman–Crippen MR) is 166 cm³/mol. The fourth-order valence-electron chi connectivity index (χ4n) is 4.02. The molecule has 0 unspecified atom stereocenters. The maximum Gasteiger partial charge on any atom is 0.264 e. The van der Waals surface area contributed by atoms with Crippen LogP contribution in [0.4, 0.5) is 11.4 Å². The van der Waals surface area contributed by atoms with Gasteiger partial charge in [0, 0.05) is 21.2 Å². The normalized spacial score (nSPS) is 11.2. The fourth-order valence-corrected chi connectivity index (χ4v) is 6.72. The number of carbonyl (C=O) groups is 1. The molecule has 4 aromatic carbocycles. The van der Waals surface area contributed by atoms with Gasteiger partial charge >= 0.3 is 0 Å². The quantitative estimate of drug-likeness (QED) is 0.175. The fraction of sp³-hybridized carbons (Fsp3) is 0.194. The van der Waals surface area contributed by atoms with Crippen molar-refractivity contribution in [2.24, 2.45) is 0 Å². The lowest BCUT2D eigenvalue weighted by Crippen LogP contribution is -2.38. The molecule has 4 rings (SSSR count). The summed E-state index contributed by atoms with van der Waals surface area (Å²) in [7, 11) is -4.02. The highest BCUT2D eigenvalue weighted by Crippen LogP contribution is 2.28. The Balaban J connectivity index is 1.53. The molecule has 4 aromatic rings. The molecule has 40 heavy (non-hydrogen) atoms. The summed E-state index contributed by atoms with van der Waals surface area (Å²) in [5.74, 6) is 0.990. The summed E-state index contributed by atoms with van der Waals surface area (Å²) in [6, 6.07) is 29.4. The molecule has 0 aromatic heterocycles.